The van der Waals surface area contributed by atoms with E-state index in [0.29, 0.717) is 0 Å². The Kier molecular flexibility index (Phi) is 5.03. The standard InChI is InChI=1S/C12H26N2O/c1-4-12(2,3)13-7-10-14-8-5-11(15)6-9-14/h11,13,15H,4-10H2,1-3H3. The molecule has 90 valence electrons. The van der Waals surface area contributed by atoms with Gasteiger partial charge in [0.1, 0.15) is 0 Å². The number of nitrogens with zero attached hydrogens (tertiary/aromatic N) is 1. The lowest BCUT2D eigenvalue weighted by Gasteiger charge is -2.31. The van der Waals surface area contributed by atoms with Crippen LogP contribution >= 0.6 is 0 Å². The van der Waals surface area contributed by atoms with E-state index in [9.17, 15) is 5.11 Å². The topological polar surface area (TPSA) is 35.5 Å². The van der Waals surface area contributed by atoms with E-state index in [1.165, 1.54) is 0 Å². The molecule has 0 aromatic heterocycles. The van der Waals surface area contributed by atoms with Crippen molar-refractivity contribution < 1.29 is 5.11 Å². The summed E-state index contributed by atoms with van der Waals surface area (Å²) in [6, 6.07) is 0. The van der Waals surface area contributed by atoms with E-state index in [-0.39, 0.29) is 11.6 Å². The fourth-order valence-corrected chi connectivity index (χ4v) is 1.82. The third-order valence-corrected chi connectivity index (χ3v) is 3.47. The molecule has 3 heteroatoms. The molecule has 0 amide bonds. The van der Waals surface area contributed by atoms with Crippen LogP contribution in [0.3, 0.4) is 0 Å². The van der Waals surface area contributed by atoms with Crippen molar-refractivity contribution in [3.8, 4) is 0 Å². The minimum absolute atomic E-state index is 0.0544. The summed E-state index contributed by atoms with van der Waals surface area (Å²) in [5.41, 5.74) is 0.259. The Morgan fingerprint density at radius 2 is 1.93 bits per heavy atom. The van der Waals surface area contributed by atoms with Gasteiger partial charge in [0.2, 0.25) is 0 Å². The molecular weight excluding hydrogens is 188 g/mol. The Balaban J connectivity index is 2.10. The minimum atomic E-state index is -0.0544. The van der Waals surface area contributed by atoms with Crippen LogP contribution in [0.15, 0.2) is 0 Å². The van der Waals surface area contributed by atoms with Crippen molar-refractivity contribution >= 4 is 0 Å². The molecule has 0 saturated carbocycles. The fourth-order valence-electron chi connectivity index (χ4n) is 1.82. The van der Waals surface area contributed by atoms with E-state index in [1.807, 2.05) is 0 Å². The zero-order valence-electron chi connectivity index (χ0n) is 10.4. The van der Waals surface area contributed by atoms with Gasteiger partial charge in [-0.05, 0) is 33.1 Å². The summed E-state index contributed by atoms with van der Waals surface area (Å²) >= 11 is 0. The summed E-state index contributed by atoms with van der Waals surface area (Å²) in [5, 5.41) is 12.9. The lowest BCUT2D eigenvalue weighted by Crippen LogP contribution is -2.45. The Morgan fingerprint density at radius 3 is 2.47 bits per heavy atom. The van der Waals surface area contributed by atoms with Gasteiger partial charge in [0, 0.05) is 31.7 Å². The average molecular weight is 214 g/mol. The summed E-state index contributed by atoms with van der Waals surface area (Å²) in [6.07, 6.45) is 2.99. The molecule has 0 aromatic rings. The van der Waals surface area contributed by atoms with Crippen molar-refractivity contribution in [2.75, 3.05) is 26.2 Å². The third kappa shape index (κ3) is 4.96. The highest BCUT2D eigenvalue weighted by atomic mass is 16.3. The van der Waals surface area contributed by atoms with Gasteiger partial charge in [0.15, 0.2) is 0 Å². The van der Waals surface area contributed by atoms with Crippen LogP contribution in [0.25, 0.3) is 0 Å². The number of rotatable bonds is 5. The first kappa shape index (κ1) is 12.9. The van der Waals surface area contributed by atoms with E-state index in [4.69, 9.17) is 0 Å². The van der Waals surface area contributed by atoms with Crippen LogP contribution in [0.1, 0.15) is 40.0 Å². The van der Waals surface area contributed by atoms with Crippen LogP contribution in [0, 0.1) is 0 Å². The quantitative estimate of drug-likeness (QED) is 0.722. The van der Waals surface area contributed by atoms with Crippen LogP contribution in [-0.2, 0) is 0 Å². The second kappa shape index (κ2) is 5.83. The minimum Gasteiger partial charge on any atom is -0.393 e. The zero-order valence-corrected chi connectivity index (χ0v) is 10.4. The van der Waals surface area contributed by atoms with Crippen LogP contribution in [0.5, 0.6) is 0 Å². The molecule has 0 aliphatic carbocycles. The second-order valence-electron chi connectivity index (χ2n) is 5.24. The molecule has 0 spiro atoms. The first-order chi connectivity index (χ1) is 7.03. The normalized spacial score (nSPS) is 20.8. The van der Waals surface area contributed by atoms with Crippen LogP contribution in [0.4, 0.5) is 0 Å². The predicted molar refractivity (Wildman–Crippen MR) is 64.1 cm³/mol. The SMILES string of the molecule is CCC(C)(C)NCCN1CCC(O)CC1. The molecule has 0 unspecified atom stereocenters. The van der Waals surface area contributed by atoms with E-state index in [0.717, 1.165) is 45.4 Å². The van der Waals surface area contributed by atoms with Crippen molar-refractivity contribution in [2.24, 2.45) is 0 Å². The van der Waals surface area contributed by atoms with Crippen LogP contribution in [-0.4, -0.2) is 47.8 Å². The smallest absolute Gasteiger partial charge is 0.0564 e. The molecule has 2 N–H and O–H groups in total. The summed E-state index contributed by atoms with van der Waals surface area (Å²) in [4.78, 5) is 2.44. The molecule has 0 radical (unpaired) electrons. The molecule has 1 aliphatic rings. The number of likely N-dealkylation sites (tertiary alicyclic amines) is 1. The highest BCUT2D eigenvalue weighted by Gasteiger charge is 2.18. The zero-order chi connectivity index (χ0) is 11.3. The largest absolute Gasteiger partial charge is 0.393 e. The summed E-state index contributed by atoms with van der Waals surface area (Å²) in [6.45, 7) is 11.0. The highest BCUT2D eigenvalue weighted by molar-refractivity contribution is 4.77. The molecule has 3 nitrogen and oxygen atoms in total. The molecule has 0 bridgehead atoms. The Labute approximate surface area is 93.9 Å². The van der Waals surface area contributed by atoms with Crippen molar-refractivity contribution in [1.82, 2.24) is 10.2 Å². The van der Waals surface area contributed by atoms with Crippen molar-refractivity contribution in [3.63, 3.8) is 0 Å². The van der Waals surface area contributed by atoms with Gasteiger partial charge < -0.3 is 15.3 Å². The Hall–Kier alpha value is -0.120. The van der Waals surface area contributed by atoms with Gasteiger partial charge in [-0.3, -0.25) is 0 Å². The molecule has 1 aliphatic heterocycles. The lowest BCUT2D eigenvalue weighted by atomic mass is 10.0. The predicted octanol–water partition coefficient (Wildman–Crippen LogP) is 1.22. The summed E-state index contributed by atoms with van der Waals surface area (Å²) in [5.74, 6) is 0. The number of hydrogen-bond acceptors (Lipinski definition) is 3. The Morgan fingerprint density at radius 1 is 1.33 bits per heavy atom. The van der Waals surface area contributed by atoms with E-state index in [2.05, 4.69) is 31.0 Å². The molecule has 0 aromatic carbocycles. The monoisotopic (exact) mass is 214 g/mol. The van der Waals surface area contributed by atoms with Gasteiger partial charge in [-0.2, -0.15) is 0 Å². The van der Waals surface area contributed by atoms with Crippen LogP contribution in [0.2, 0.25) is 0 Å². The number of aliphatic hydroxyl groups excluding tert-OH is 1. The average Bonchev–Trinajstić information content (AvgIpc) is 2.21. The maximum absolute atomic E-state index is 9.38. The molecule has 1 rings (SSSR count). The molecular formula is C12H26N2O. The van der Waals surface area contributed by atoms with Crippen molar-refractivity contribution in [1.29, 1.82) is 0 Å². The van der Waals surface area contributed by atoms with Crippen molar-refractivity contribution in [3.05, 3.63) is 0 Å². The van der Waals surface area contributed by atoms with Gasteiger partial charge in [0.25, 0.3) is 0 Å². The molecule has 0 atom stereocenters. The number of nitrogens with one attached hydrogen (secondary N) is 1. The molecule has 1 fully saturated rings. The first-order valence-electron chi connectivity index (χ1n) is 6.19. The Bertz CT molecular complexity index is 174. The molecule has 1 heterocycles. The fraction of sp³-hybridized carbons (Fsp3) is 1.00. The lowest BCUT2D eigenvalue weighted by molar-refractivity contribution is 0.0820. The van der Waals surface area contributed by atoms with Gasteiger partial charge >= 0.3 is 0 Å². The van der Waals surface area contributed by atoms with E-state index < -0.39 is 0 Å². The van der Waals surface area contributed by atoms with Gasteiger partial charge in [0.05, 0.1) is 6.10 Å². The van der Waals surface area contributed by atoms with E-state index >= 15 is 0 Å². The maximum atomic E-state index is 9.38. The van der Waals surface area contributed by atoms with Gasteiger partial charge in [-0.15, -0.1) is 0 Å². The second-order valence-corrected chi connectivity index (χ2v) is 5.24. The molecule has 15 heavy (non-hydrogen) atoms. The summed E-state index contributed by atoms with van der Waals surface area (Å²) in [7, 11) is 0. The van der Waals surface area contributed by atoms with E-state index in [1.54, 1.807) is 0 Å². The van der Waals surface area contributed by atoms with Gasteiger partial charge in [-0.25, -0.2) is 0 Å². The number of hydrogen-bond donors (Lipinski definition) is 2. The third-order valence-electron chi connectivity index (χ3n) is 3.47. The van der Waals surface area contributed by atoms with Gasteiger partial charge in [-0.1, -0.05) is 6.92 Å². The highest BCUT2D eigenvalue weighted by Crippen LogP contribution is 2.10. The van der Waals surface area contributed by atoms with Crippen molar-refractivity contribution in [2.45, 2.75) is 51.7 Å². The van der Waals surface area contributed by atoms with Crippen LogP contribution < -0.4 is 5.32 Å². The number of piperidine rings is 1. The molecule has 1 saturated heterocycles. The first-order valence-corrected chi connectivity index (χ1v) is 6.19. The number of aliphatic hydroxyl groups is 1. The summed E-state index contributed by atoms with van der Waals surface area (Å²) < 4.78 is 0. The maximum Gasteiger partial charge on any atom is 0.0564 e.